The van der Waals surface area contributed by atoms with Crippen LogP contribution in [0.2, 0.25) is 0 Å². The molecule has 0 heterocycles. The van der Waals surface area contributed by atoms with E-state index >= 15 is 0 Å². The summed E-state index contributed by atoms with van der Waals surface area (Å²) in [4.78, 5) is 25.2. The fourth-order valence-electron chi connectivity index (χ4n) is 3.96. The van der Waals surface area contributed by atoms with Crippen molar-refractivity contribution in [2.24, 2.45) is 5.92 Å². The van der Waals surface area contributed by atoms with Crippen LogP contribution < -0.4 is 0 Å². The van der Waals surface area contributed by atoms with Crippen molar-refractivity contribution in [3.05, 3.63) is 11.1 Å². The average molecular weight is 381 g/mol. The van der Waals surface area contributed by atoms with Gasteiger partial charge in [0.1, 0.15) is 0 Å². The van der Waals surface area contributed by atoms with Crippen molar-refractivity contribution in [1.29, 1.82) is 0 Å². The van der Waals surface area contributed by atoms with Crippen LogP contribution in [0.5, 0.6) is 0 Å². The molecular weight excluding hydrogens is 340 g/mol. The Morgan fingerprint density at radius 2 is 1.26 bits per heavy atom. The fourth-order valence-corrected chi connectivity index (χ4v) is 3.96. The smallest absolute Gasteiger partial charge is 0.334 e. The molecule has 0 aromatic rings. The number of carbonyl (C=O) groups excluding carboxylic acids is 2. The van der Waals surface area contributed by atoms with E-state index in [9.17, 15) is 9.59 Å². The van der Waals surface area contributed by atoms with E-state index in [1.54, 1.807) is 0 Å². The molecule has 0 atom stereocenters. The first kappa shape index (κ1) is 23.7. The van der Waals surface area contributed by atoms with E-state index in [4.69, 9.17) is 9.47 Å². The number of carbonyl (C=O) groups is 2. The third kappa shape index (κ3) is 8.94. The summed E-state index contributed by atoms with van der Waals surface area (Å²) >= 11 is 0. The number of hydrogen-bond acceptors (Lipinski definition) is 4. The summed E-state index contributed by atoms with van der Waals surface area (Å²) in [5.41, 5.74) is 1.18. The van der Waals surface area contributed by atoms with Gasteiger partial charge in [0, 0.05) is 5.57 Å². The zero-order chi connectivity index (χ0) is 19.9. The third-order valence-electron chi connectivity index (χ3n) is 5.39. The van der Waals surface area contributed by atoms with Crippen molar-refractivity contribution in [2.75, 3.05) is 13.2 Å². The molecule has 0 aromatic carbocycles. The molecule has 4 nitrogen and oxygen atoms in total. The SMILES string of the molecule is CCCCCCCCCCC(C(=O)OCC)=C(C(=O)OCC)C1CCCC1. The van der Waals surface area contributed by atoms with Crippen LogP contribution in [0.3, 0.4) is 0 Å². The predicted molar refractivity (Wildman–Crippen MR) is 109 cm³/mol. The fraction of sp³-hybridized carbons (Fsp3) is 0.826. The standard InChI is InChI=1S/C23H40O4/c1-4-7-8-9-10-11-12-13-18-20(22(24)26-5-2)21(23(25)27-6-3)19-16-14-15-17-19/h19H,4-18H2,1-3H3. The van der Waals surface area contributed by atoms with Gasteiger partial charge < -0.3 is 9.47 Å². The molecule has 0 N–H and O–H groups in total. The van der Waals surface area contributed by atoms with E-state index in [2.05, 4.69) is 6.92 Å². The second kappa shape index (κ2) is 14.7. The maximum Gasteiger partial charge on any atom is 0.334 e. The van der Waals surface area contributed by atoms with Crippen molar-refractivity contribution in [3.63, 3.8) is 0 Å². The number of unbranched alkanes of at least 4 members (excludes halogenated alkanes) is 7. The Kier molecular flexibility index (Phi) is 12.9. The zero-order valence-corrected chi connectivity index (χ0v) is 17.8. The first-order valence-corrected chi connectivity index (χ1v) is 11.2. The van der Waals surface area contributed by atoms with Gasteiger partial charge in [-0.1, -0.05) is 64.7 Å². The van der Waals surface area contributed by atoms with E-state index in [0.717, 1.165) is 38.5 Å². The highest BCUT2D eigenvalue weighted by atomic mass is 16.5. The summed E-state index contributed by atoms with van der Waals surface area (Å²) in [7, 11) is 0. The minimum absolute atomic E-state index is 0.150. The summed E-state index contributed by atoms with van der Waals surface area (Å²) in [6.07, 6.45) is 14.5. The third-order valence-corrected chi connectivity index (χ3v) is 5.39. The first-order chi connectivity index (χ1) is 13.2. The van der Waals surface area contributed by atoms with Gasteiger partial charge in [-0.15, -0.1) is 0 Å². The molecule has 1 aliphatic carbocycles. The minimum Gasteiger partial charge on any atom is -0.463 e. The molecule has 4 heteroatoms. The quantitative estimate of drug-likeness (QED) is 0.207. The predicted octanol–water partition coefficient (Wildman–Crippen LogP) is 6.13. The van der Waals surface area contributed by atoms with Gasteiger partial charge in [0.15, 0.2) is 0 Å². The van der Waals surface area contributed by atoms with Crippen LogP contribution in [-0.4, -0.2) is 25.2 Å². The molecule has 0 bridgehead atoms. The molecule has 156 valence electrons. The molecule has 1 rings (SSSR count). The van der Waals surface area contributed by atoms with Gasteiger partial charge in [-0.3, -0.25) is 0 Å². The summed E-state index contributed by atoms with van der Waals surface area (Å²) in [5.74, 6) is -0.486. The number of hydrogen-bond donors (Lipinski definition) is 0. The Bertz CT molecular complexity index is 461. The summed E-state index contributed by atoms with van der Waals surface area (Å²) in [6.45, 7) is 6.52. The second-order valence-corrected chi connectivity index (χ2v) is 7.54. The van der Waals surface area contributed by atoms with Crippen molar-refractivity contribution < 1.29 is 19.1 Å². The molecule has 1 saturated carbocycles. The van der Waals surface area contributed by atoms with E-state index in [-0.39, 0.29) is 17.9 Å². The van der Waals surface area contributed by atoms with E-state index < -0.39 is 0 Å². The molecule has 0 unspecified atom stereocenters. The Labute approximate surface area is 166 Å². The van der Waals surface area contributed by atoms with Gasteiger partial charge in [-0.25, -0.2) is 9.59 Å². The van der Waals surface area contributed by atoms with Gasteiger partial charge in [0.25, 0.3) is 0 Å². The van der Waals surface area contributed by atoms with Crippen LogP contribution in [0.25, 0.3) is 0 Å². The summed E-state index contributed by atoms with van der Waals surface area (Å²) in [5, 5.41) is 0. The van der Waals surface area contributed by atoms with Gasteiger partial charge >= 0.3 is 11.9 Å². The van der Waals surface area contributed by atoms with Crippen molar-refractivity contribution >= 4 is 11.9 Å². The van der Waals surface area contributed by atoms with Crippen molar-refractivity contribution in [2.45, 2.75) is 104 Å². The molecule has 0 aromatic heterocycles. The molecule has 0 aliphatic heterocycles. The highest BCUT2D eigenvalue weighted by Gasteiger charge is 2.31. The molecule has 0 spiro atoms. The molecular formula is C23H40O4. The van der Waals surface area contributed by atoms with Crippen LogP contribution in [0, 0.1) is 5.92 Å². The molecule has 0 amide bonds. The first-order valence-electron chi connectivity index (χ1n) is 11.2. The average Bonchev–Trinajstić information content (AvgIpc) is 3.17. The summed E-state index contributed by atoms with van der Waals surface area (Å²) in [6, 6.07) is 0. The molecule has 0 saturated heterocycles. The number of rotatable bonds is 14. The van der Waals surface area contributed by atoms with Crippen LogP contribution in [-0.2, 0) is 19.1 Å². The molecule has 1 aliphatic rings. The second-order valence-electron chi connectivity index (χ2n) is 7.54. The van der Waals surface area contributed by atoms with Crippen LogP contribution in [0.1, 0.15) is 104 Å². The minimum atomic E-state index is -0.324. The van der Waals surface area contributed by atoms with E-state index in [1.807, 2.05) is 13.8 Å². The largest absolute Gasteiger partial charge is 0.463 e. The van der Waals surface area contributed by atoms with Crippen LogP contribution >= 0.6 is 0 Å². The van der Waals surface area contributed by atoms with Crippen LogP contribution in [0.15, 0.2) is 11.1 Å². The van der Waals surface area contributed by atoms with Gasteiger partial charge in [-0.2, -0.15) is 0 Å². The monoisotopic (exact) mass is 380 g/mol. The van der Waals surface area contributed by atoms with Gasteiger partial charge in [0.05, 0.1) is 18.8 Å². The van der Waals surface area contributed by atoms with Gasteiger partial charge in [0.2, 0.25) is 0 Å². The molecule has 27 heavy (non-hydrogen) atoms. The highest BCUT2D eigenvalue weighted by Crippen LogP contribution is 2.35. The lowest BCUT2D eigenvalue weighted by Crippen LogP contribution is -2.21. The topological polar surface area (TPSA) is 52.6 Å². The Hall–Kier alpha value is -1.32. The van der Waals surface area contributed by atoms with E-state index in [0.29, 0.717) is 30.8 Å². The van der Waals surface area contributed by atoms with E-state index in [1.165, 1.54) is 38.5 Å². The Morgan fingerprint density at radius 1 is 0.741 bits per heavy atom. The lowest BCUT2D eigenvalue weighted by atomic mass is 9.90. The zero-order valence-electron chi connectivity index (χ0n) is 17.8. The van der Waals surface area contributed by atoms with Crippen LogP contribution in [0.4, 0.5) is 0 Å². The lowest BCUT2D eigenvalue weighted by molar-refractivity contribution is -0.142. The number of ether oxygens (including phenoxy) is 2. The lowest BCUT2D eigenvalue weighted by Gasteiger charge is -2.18. The molecule has 0 radical (unpaired) electrons. The summed E-state index contributed by atoms with van der Waals surface area (Å²) < 4.78 is 10.6. The van der Waals surface area contributed by atoms with Crippen molar-refractivity contribution in [3.8, 4) is 0 Å². The van der Waals surface area contributed by atoms with Gasteiger partial charge in [-0.05, 0) is 45.4 Å². The maximum atomic E-state index is 12.6. The Balaban J connectivity index is 2.74. The number of esters is 2. The van der Waals surface area contributed by atoms with Crippen molar-refractivity contribution in [1.82, 2.24) is 0 Å². The molecule has 1 fully saturated rings. The highest BCUT2D eigenvalue weighted by molar-refractivity contribution is 6.00. The maximum absolute atomic E-state index is 12.6. The normalized spacial score (nSPS) is 15.5. The Morgan fingerprint density at radius 3 is 1.81 bits per heavy atom.